The van der Waals surface area contributed by atoms with Gasteiger partial charge in [-0.15, -0.1) is 0 Å². The predicted molar refractivity (Wildman–Crippen MR) is 183 cm³/mol. The number of rotatable bonds is 21. The molecular weight excluding hydrogens is 610 g/mol. The van der Waals surface area contributed by atoms with Gasteiger partial charge in [-0.2, -0.15) is 0 Å². The van der Waals surface area contributed by atoms with Gasteiger partial charge in [-0.25, -0.2) is 17.8 Å². The molecule has 1 aromatic heterocycles. The largest absolute Gasteiger partial charge is 0.378 e. The van der Waals surface area contributed by atoms with Gasteiger partial charge in [-0.05, 0) is 45.5 Å². The van der Waals surface area contributed by atoms with Crippen LogP contribution in [0.3, 0.4) is 0 Å². The average molecular weight is 666 g/mol. The lowest BCUT2D eigenvalue weighted by molar-refractivity contribution is -0.00413. The van der Waals surface area contributed by atoms with Crippen LogP contribution in [0.2, 0.25) is 0 Å². The highest BCUT2D eigenvalue weighted by atomic mass is 32.2. The Morgan fingerprint density at radius 1 is 0.848 bits per heavy atom. The standard InChI is InChI=1S/C32H55N7O6S/c1-33-11-19-42-21-23-44-25-26-45-24-22-43-20-18-36-14-16-38(17-15-36)46(41)37-12-9-29(10-13-37)35-27-28-7-8-31(40)39(32(28)34-2)30-5-3-4-6-30/h7-8,27,29-30,33H,2-6,9-26H2,1H3. The summed E-state index contributed by atoms with van der Waals surface area (Å²) >= 11 is -1.13. The van der Waals surface area contributed by atoms with Crippen molar-refractivity contribution >= 4 is 29.9 Å². The van der Waals surface area contributed by atoms with Crippen LogP contribution in [0.25, 0.3) is 0 Å². The first-order valence-electron chi connectivity index (χ1n) is 17.0. The molecule has 4 rings (SSSR count). The SMILES string of the molecule is C=Nc1c(C=NC2CCN(S(=O)N3CCN(CCOCCOCCOCCOCCNC)CC3)CC2)ccc(=O)n1C1CCCC1. The molecule has 1 aromatic rings. The smallest absolute Gasteiger partial charge is 0.252 e. The highest BCUT2D eigenvalue weighted by Gasteiger charge is 2.29. The summed E-state index contributed by atoms with van der Waals surface area (Å²) in [6.07, 6.45) is 7.84. The minimum absolute atomic E-state index is 0.0200. The number of likely N-dealkylation sites (N-methyl/N-ethyl adjacent to an activating group) is 1. The lowest BCUT2D eigenvalue weighted by Crippen LogP contribution is -2.52. The normalized spacial score (nSPS) is 20.2. The molecule has 0 amide bonds. The summed E-state index contributed by atoms with van der Waals surface area (Å²) in [7, 11) is 1.90. The van der Waals surface area contributed by atoms with Crippen LogP contribution in [0, 0.1) is 0 Å². The summed E-state index contributed by atoms with van der Waals surface area (Å²) in [5.41, 5.74) is 0.816. The first-order chi connectivity index (χ1) is 22.6. The van der Waals surface area contributed by atoms with Gasteiger partial charge in [0.25, 0.3) is 5.56 Å². The van der Waals surface area contributed by atoms with E-state index >= 15 is 0 Å². The third-order valence-electron chi connectivity index (χ3n) is 8.75. The molecule has 3 heterocycles. The number of nitrogens with one attached hydrogen (secondary N) is 1. The van der Waals surface area contributed by atoms with Crippen molar-refractivity contribution in [2.24, 2.45) is 9.98 Å². The Balaban J connectivity index is 1.05. The fourth-order valence-electron chi connectivity index (χ4n) is 6.08. The highest BCUT2D eigenvalue weighted by Crippen LogP contribution is 2.32. The van der Waals surface area contributed by atoms with Crippen LogP contribution in [-0.2, 0) is 30.1 Å². The Labute approximate surface area is 277 Å². The molecule has 1 unspecified atom stereocenters. The van der Waals surface area contributed by atoms with Crippen molar-refractivity contribution in [3.05, 3.63) is 28.0 Å². The number of hydrogen-bond donors (Lipinski definition) is 1. The monoisotopic (exact) mass is 665 g/mol. The van der Waals surface area contributed by atoms with Crippen LogP contribution in [-0.4, -0.2) is 154 Å². The quantitative estimate of drug-likeness (QED) is 0.156. The van der Waals surface area contributed by atoms with Gasteiger partial charge >= 0.3 is 0 Å². The fraction of sp³-hybridized carbons (Fsp3) is 0.781. The van der Waals surface area contributed by atoms with Gasteiger partial charge in [0.05, 0.1) is 58.9 Å². The lowest BCUT2D eigenvalue weighted by atomic mass is 10.1. The molecule has 0 radical (unpaired) electrons. The van der Waals surface area contributed by atoms with Crippen molar-refractivity contribution in [3.8, 4) is 0 Å². The number of hydrogen-bond acceptors (Lipinski definition) is 10. The van der Waals surface area contributed by atoms with E-state index in [0.29, 0.717) is 58.7 Å². The van der Waals surface area contributed by atoms with E-state index in [2.05, 4.69) is 30.5 Å². The van der Waals surface area contributed by atoms with E-state index in [1.807, 2.05) is 13.3 Å². The van der Waals surface area contributed by atoms with Crippen LogP contribution in [0.15, 0.2) is 26.9 Å². The number of aromatic nitrogens is 1. The summed E-state index contributed by atoms with van der Waals surface area (Å²) in [4.78, 5) is 24.1. The minimum Gasteiger partial charge on any atom is -0.378 e. The molecule has 0 spiro atoms. The molecule has 2 aliphatic heterocycles. The topological polar surface area (TPSA) is 122 Å². The van der Waals surface area contributed by atoms with E-state index in [-0.39, 0.29) is 17.6 Å². The second-order valence-electron chi connectivity index (χ2n) is 11.9. The Morgan fingerprint density at radius 2 is 1.43 bits per heavy atom. The van der Waals surface area contributed by atoms with Crippen molar-refractivity contribution in [2.45, 2.75) is 50.6 Å². The molecule has 1 atom stereocenters. The van der Waals surface area contributed by atoms with Gasteiger partial charge in [-0.3, -0.25) is 19.3 Å². The van der Waals surface area contributed by atoms with Gasteiger partial charge < -0.3 is 24.3 Å². The van der Waals surface area contributed by atoms with Gasteiger partial charge in [0.2, 0.25) is 0 Å². The summed E-state index contributed by atoms with van der Waals surface area (Å²) < 4.78 is 41.5. The first-order valence-corrected chi connectivity index (χ1v) is 18.0. The van der Waals surface area contributed by atoms with Crippen molar-refractivity contribution < 1.29 is 23.2 Å². The summed E-state index contributed by atoms with van der Waals surface area (Å²) in [5, 5.41) is 3.03. The maximum absolute atomic E-state index is 13.3. The molecule has 1 saturated carbocycles. The molecule has 2 saturated heterocycles. The number of pyridine rings is 1. The fourth-order valence-corrected chi connectivity index (χ4v) is 7.40. The number of ether oxygens (including phenoxy) is 4. The van der Waals surface area contributed by atoms with Crippen LogP contribution >= 0.6 is 0 Å². The van der Waals surface area contributed by atoms with Gasteiger partial charge in [-0.1, -0.05) is 12.8 Å². The molecule has 0 aromatic carbocycles. The molecule has 3 aliphatic rings. The molecule has 1 N–H and O–H groups in total. The van der Waals surface area contributed by atoms with Crippen LogP contribution < -0.4 is 10.9 Å². The van der Waals surface area contributed by atoms with E-state index in [0.717, 1.165) is 96.4 Å². The Kier molecular flexibility index (Phi) is 17.0. The van der Waals surface area contributed by atoms with Crippen molar-refractivity contribution in [3.63, 3.8) is 0 Å². The third-order valence-corrected chi connectivity index (χ3v) is 10.4. The van der Waals surface area contributed by atoms with E-state index in [1.54, 1.807) is 16.7 Å². The van der Waals surface area contributed by atoms with Crippen LogP contribution in [0.1, 0.15) is 50.1 Å². The van der Waals surface area contributed by atoms with Gasteiger partial charge in [0.1, 0.15) is 5.82 Å². The maximum Gasteiger partial charge on any atom is 0.252 e. The van der Waals surface area contributed by atoms with Crippen molar-refractivity contribution in [1.82, 2.24) is 23.4 Å². The zero-order valence-electron chi connectivity index (χ0n) is 27.7. The van der Waals surface area contributed by atoms with E-state index in [4.69, 9.17) is 23.9 Å². The second kappa shape index (κ2) is 21.2. The Hall–Kier alpha value is -1.88. The molecule has 46 heavy (non-hydrogen) atoms. The Morgan fingerprint density at radius 3 is 2.04 bits per heavy atom. The van der Waals surface area contributed by atoms with Crippen LogP contribution in [0.5, 0.6) is 0 Å². The van der Waals surface area contributed by atoms with Crippen molar-refractivity contribution in [1.29, 1.82) is 0 Å². The van der Waals surface area contributed by atoms with Gasteiger partial charge in [0.15, 0.2) is 11.2 Å². The minimum atomic E-state index is -1.13. The summed E-state index contributed by atoms with van der Waals surface area (Å²) in [6, 6.07) is 3.78. The molecule has 260 valence electrons. The molecule has 13 nitrogen and oxygen atoms in total. The molecule has 0 bridgehead atoms. The number of nitrogens with zero attached hydrogens (tertiary/aromatic N) is 6. The first kappa shape index (κ1) is 36.9. The van der Waals surface area contributed by atoms with E-state index < -0.39 is 11.2 Å². The average Bonchev–Trinajstić information content (AvgIpc) is 3.62. The van der Waals surface area contributed by atoms with Crippen LogP contribution in [0.4, 0.5) is 5.82 Å². The highest BCUT2D eigenvalue weighted by molar-refractivity contribution is 7.80. The number of piperazine rings is 1. The third kappa shape index (κ3) is 12.0. The molecule has 14 heteroatoms. The predicted octanol–water partition coefficient (Wildman–Crippen LogP) is 1.66. The second-order valence-corrected chi connectivity index (χ2v) is 13.4. The lowest BCUT2D eigenvalue weighted by Gasteiger charge is -2.37. The van der Waals surface area contributed by atoms with Crippen molar-refractivity contribution in [2.75, 3.05) is 112 Å². The number of piperidine rings is 1. The summed E-state index contributed by atoms with van der Waals surface area (Å²) in [6.45, 7) is 15.0. The zero-order valence-corrected chi connectivity index (χ0v) is 28.5. The Bertz CT molecular complexity index is 1130. The maximum atomic E-state index is 13.3. The van der Waals surface area contributed by atoms with Gasteiger partial charge in [0, 0.05) is 76.2 Å². The van der Waals surface area contributed by atoms with E-state index in [9.17, 15) is 9.00 Å². The molecule has 3 fully saturated rings. The van der Waals surface area contributed by atoms with E-state index in [1.165, 1.54) is 0 Å². The zero-order chi connectivity index (χ0) is 32.4. The molecule has 1 aliphatic carbocycles. The molecular formula is C32H55N7O6S. The number of aliphatic imine (C=N–C) groups is 2. The summed E-state index contributed by atoms with van der Waals surface area (Å²) in [5.74, 6) is 0.622.